The molecule has 1 aromatic rings. The second-order valence-electron chi connectivity index (χ2n) is 6.62. The van der Waals surface area contributed by atoms with Crippen molar-refractivity contribution in [3.63, 3.8) is 0 Å². The van der Waals surface area contributed by atoms with Gasteiger partial charge in [0.1, 0.15) is 0 Å². The van der Waals surface area contributed by atoms with Crippen molar-refractivity contribution in [2.45, 2.75) is 51.6 Å². The van der Waals surface area contributed by atoms with Gasteiger partial charge in [-0.25, -0.2) is 0 Å². The smallest absolute Gasteiger partial charge is 0.0139 e. The monoisotopic (exact) mass is 344 g/mol. The molecule has 0 spiro atoms. The van der Waals surface area contributed by atoms with E-state index in [0.717, 1.165) is 25.3 Å². The van der Waals surface area contributed by atoms with E-state index in [4.69, 9.17) is 5.73 Å². The fourth-order valence-corrected chi connectivity index (χ4v) is 2.64. The third kappa shape index (κ3) is 7.15. The van der Waals surface area contributed by atoms with Crippen LogP contribution in [0.1, 0.15) is 45.6 Å². The van der Waals surface area contributed by atoms with E-state index in [9.17, 15) is 0 Å². The molecule has 1 aliphatic carbocycles. The van der Waals surface area contributed by atoms with Gasteiger partial charge in [-0.2, -0.15) is 0 Å². The minimum Gasteiger partial charge on any atom is -0.326 e. The molecule has 1 aromatic carbocycles. The quantitative estimate of drug-likeness (QED) is 0.767. The number of nitrogens with one attached hydrogen (secondary N) is 1. The first-order valence-corrected chi connectivity index (χ1v) is 7.77. The molecule has 3 N–H and O–H groups in total. The molecule has 4 heteroatoms. The summed E-state index contributed by atoms with van der Waals surface area (Å²) in [7, 11) is 0. The Labute approximate surface area is 147 Å². The lowest BCUT2D eigenvalue weighted by Gasteiger charge is -2.18. The van der Waals surface area contributed by atoms with Crippen LogP contribution in [0.25, 0.3) is 6.08 Å². The Morgan fingerprint density at radius 2 is 1.91 bits per heavy atom. The van der Waals surface area contributed by atoms with Crippen LogP contribution in [-0.4, -0.2) is 18.1 Å². The normalized spacial score (nSPS) is 20.8. The number of benzene rings is 1. The molecule has 22 heavy (non-hydrogen) atoms. The lowest BCUT2D eigenvalue weighted by Crippen LogP contribution is -2.36. The van der Waals surface area contributed by atoms with Crippen molar-refractivity contribution in [1.82, 2.24) is 5.32 Å². The van der Waals surface area contributed by atoms with Crippen LogP contribution in [0.15, 0.2) is 35.9 Å². The molecule has 0 aromatic heterocycles. The zero-order valence-electron chi connectivity index (χ0n) is 13.8. The third-order valence-electron chi connectivity index (χ3n) is 4.00. The molecular formula is C18H30Cl2N2. The summed E-state index contributed by atoms with van der Waals surface area (Å²) in [6, 6.07) is 11.3. The molecule has 1 fully saturated rings. The van der Waals surface area contributed by atoms with Gasteiger partial charge in [0.05, 0.1) is 0 Å². The summed E-state index contributed by atoms with van der Waals surface area (Å²) in [5.74, 6) is 0.723. The molecule has 0 bridgehead atoms. The van der Waals surface area contributed by atoms with E-state index in [1.165, 1.54) is 12.0 Å². The summed E-state index contributed by atoms with van der Waals surface area (Å²) in [6.45, 7) is 7.46. The Hall–Kier alpha value is -0.540. The maximum Gasteiger partial charge on any atom is 0.0139 e. The molecule has 0 amide bonds. The second-order valence-corrected chi connectivity index (χ2v) is 6.62. The first-order valence-electron chi connectivity index (χ1n) is 7.77. The van der Waals surface area contributed by atoms with E-state index in [1.54, 1.807) is 5.57 Å². The van der Waals surface area contributed by atoms with Crippen LogP contribution in [-0.2, 0) is 0 Å². The van der Waals surface area contributed by atoms with E-state index >= 15 is 0 Å². The van der Waals surface area contributed by atoms with Crippen LogP contribution in [0.4, 0.5) is 0 Å². The van der Waals surface area contributed by atoms with Gasteiger partial charge in [0.25, 0.3) is 0 Å². The van der Waals surface area contributed by atoms with Crippen LogP contribution in [0.2, 0.25) is 0 Å². The maximum absolute atomic E-state index is 6.01. The van der Waals surface area contributed by atoms with Crippen molar-refractivity contribution < 1.29 is 0 Å². The minimum absolute atomic E-state index is 0. The van der Waals surface area contributed by atoms with Crippen LogP contribution in [0, 0.1) is 5.92 Å². The highest BCUT2D eigenvalue weighted by Crippen LogP contribution is 2.39. The molecule has 0 saturated heterocycles. The fourth-order valence-electron chi connectivity index (χ4n) is 2.64. The second kappa shape index (κ2) is 9.57. The van der Waals surface area contributed by atoms with Crippen molar-refractivity contribution in [2.75, 3.05) is 6.54 Å². The summed E-state index contributed by atoms with van der Waals surface area (Å²) >= 11 is 0. The predicted molar refractivity (Wildman–Crippen MR) is 102 cm³/mol. The Balaban J connectivity index is 0.00000220. The van der Waals surface area contributed by atoms with E-state index in [1.807, 2.05) is 0 Å². The Kier molecular flexibility index (Phi) is 9.33. The first-order chi connectivity index (χ1) is 9.49. The Morgan fingerprint density at radius 1 is 1.27 bits per heavy atom. The van der Waals surface area contributed by atoms with Gasteiger partial charge in [-0.15, -0.1) is 24.8 Å². The first kappa shape index (κ1) is 21.5. The SMILES string of the molecule is CC/C(=C\c1ccccc1)[C@@H]1C[C@H]1NCCC(C)(C)N.Cl.Cl. The molecular weight excluding hydrogens is 315 g/mol. The molecule has 0 unspecified atom stereocenters. The molecule has 2 rings (SSSR count). The molecule has 1 aliphatic rings. The molecule has 0 aliphatic heterocycles. The summed E-state index contributed by atoms with van der Waals surface area (Å²) in [5, 5.41) is 3.64. The van der Waals surface area contributed by atoms with E-state index < -0.39 is 0 Å². The molecule has 0 heterocycles. The summed E-state index contributed by atoms with van der Waals surface area (Å²) in [6.07, 6.45) is 5.80. The molecule has 2 nitrogen and oxygen atoms in total. The Morgan fingerprint density at radius 3 is 2.45 bits per heavy atom. The highest BCUT2D eigenvalue weighted by atomic mass is 35.5. The maximum atomic E-state index is 6.01. The average molecular weight is 345 g/mol. The number of nitrogens with two attached hydrogens (primary N) is 1. The number of halogens is 2. The summed E-state index contributed by atoms with van der Waals surface area (Å²) in [4.78, 5) is 0. The van der Waals surface area contributed by atoms with Gasteiger partial charge in [-0.3, -0.25) is 0 Å². The highest BCUT2D eigenvalue weighted by molar-refractivity contribution is 5.85. The number of rotatable bonds is 7. The van der Waals surface area contributed by atoms with E-state index in [2.05, 4.69) is 62.5 Å². The van der Waals surface area contributed by atoms with Crippen molar-refractivity contribution >= 4 is 30.9 Å². The van der Waals surface area contributed by atoms with Gasteiger partial charge in [-0.1, -0.05) is 48.9 Å². The largest absolute Gasteiger partial charge is 0.326 e. The van der Waals surface area contributed by atoms with Crippen molar-refractivity contribution in [1.29, 1.82) is 0 Å². The van der Waals surface area contributed by atoms with Gasteiger partial charge in [0, 0.05) is 11.6 Å². The fraction of sp³-hybridized carbons (Fsp3) is 0.556. The van der Waals surface area contributed by atoms with Gasteiger partial charge in [0.15, 0.2) is 0 Å². The van der Waals surface area contributed by atoms with Crippen LogP contribution in [0.3, 0.4) is 0 Å². The molecule has 126 valence electrons. The predicted octanol–water partition coefficient (Wildman–Crippen LogP) is 4.43. The summed E-state index contributed by atoms with van der Waals surface area (Å²) in [5.41, 5.74) is 8.84. The molecule has 1 saturated carbocycles. The number of hydrogen-bond donors (Lipinski definition) is 2. The van der Waals surface area contributed by atoms with Crippen LogP contribution >= 0.6 is 24.8 Å². The third-order valence-corrected chi connectivity index (χ3v) is 4.00. The van der Waals surface area contributed by atoms with Gasteiger partial charge in [-0.05, 0) is 51.1 Å². The van der Waals surface area contributed by atoms with Gasteiger partial charge < -0.3 is 11.1 Å². The van der Waals surface area contributed by atoms with Crippen LogP contribution in [0.5, 0.6) is 0 Å². The Bertz CT molecular complexity index is 452. The molecule has 2 atom stereocenters. The number of hydrogen-bond acceptors (Lipinski definition) is 2. The highest BCUT2D eigenvalue weighted by Gasteiger charge is 2.38. The lowest BCUT2D eigenvalue weighted by atomic mass is 10.0. The van der Waals surface area contributed by atoms with Crippen LogP contribution < -0.4 is 11.1 Å². The average Bonchev–Trinajstić information content (AvgIpc) is 3.15. The lowest BCUT2D eigenvalue weighted by molar-refractivity contribution is 0.452. The van der Waals surface area contributed by atoms with E-state index in [0.29, 0.717) is 6.04 Å². The minimum atomic E-state index is -0.0646. The van der Waals surface area contributed by atoms with Gasteiger partial charge >= 0.3 is 0 Å². The van der Waals surface area contributed by atoms with Gasteiger partial charge in [0.2, 0.25) is 0 Å². The topological polar surface area (TPSA) is 38.0 Å². The molecule has 0 radical (unpaired) electrons. The van der Waals surface area contributed by atoms with Crippen molar-refractivity contribution in [2.24, 2.45) is 11.7 Å². The zero-order chi connectivity index (χ0) is 14.6. The zero-order valence-corrected chi connectivity index (χ0v) is 15.5. The van der Waals surface area contributed by atoms with Crippen molar-refractivity contribution in [3.8, 4) is 0 Å². The summed E-state index contributed by atoms with van der Waals surface area (Å²) < 4.78 is 0. The van der Waals surface area contributed by atoms with Crippen molar-refractivity contribution in [3.05, 3.63) is 41.5 Å². The van der Waals surface area contributed by atoms with E-state index in [-0.39, 0.29) is 30.4 Å². The standard InChI is InChI=1S/C18H28N2.2ClH/c1-4-15(12-14-8-6-5-7-9-14)16-13-17(16)20-11-10-18(2,3)19;;/h5-9,12,16-17,20H,4,10-11,13,19H2,1-3H3;2*1H/b15-12+;;/t16-,17+;;/m0../s1.